The number of aromatic nitrogens is 1. The van der Waals surface area contributed by atoms with Crippen LogP contribution in [0.1, 0.15) is 37.3 Å². The summed E-state index contributed by atoms with van der Waals surface area (Å²) in [6.07, 6.45) is -4.06. The summed E-state index contributed by atoms with van der Waals surface area (Å²) in [5, 5.41) is 6.78. The molecule has 5 nitrogen and oxygen atoms in total. The Bertz CT molecular complexity index is 792. The van der Waals surface area contributed by atoms with Gasteiger partial charge >= 0.3 is 12.2 Å². The molecular formula is C16H18F3N3O2S. The zero-order valence-electron chi connectivity index (χ0n) is 13.8. The van der Waals surface area contributed by atoms with Crippen LogP contribution in [0.25, 0.3) is 0 Å². The molecule has 0 aliphatic rings. The monoisotopic (exact) mass is 373 g/mol. The van der Waals surface area contributed by atoms with Gasteiger partial charge in [-0.05, 0) is 22.9 Å². The lowest BCUT2D eigenvalue weighted by atomic mass is 9.86. The predicted octanol–water partition coefficient (Wildman–Crippen LogP) is 4.36. The second-order valence-corrected chi connectivity index (χ2v) is 7.52. The second-order valence-electron chi connectivity index (χ2n) is 6.54. The molecule has 2 aromatic heterocycles. The number of pyridine rings is 1. The lowest BCUT2D eigenvalue weighted by Crippen LogP contribution is -2.39. The molecule has 0 saturated carbocycles. The fraction of sp³-hybridized carbons (Fsp3) is 0.375. The lowest BCUT2D eigenvalue weighted by molar-refractivity contribution is -0.137. The van der Waals surface area contributed by atoms with Crippen LogP contribution in [0.4, 0.5) is 23.7 Å². The largest absolute Gasteiger partial charge is 0.417 e. The van der Waals surface area contributed by atoms with E-state index in [9.17, 15) is 22.8 Å². The van der Waals surface area contributed by atoms with Crippen LogP contribution in [0, 0.1) is 5.41 Å². The minimum Gasteiger partial charge on any atom is -0.330 e. The number of amides is 2. The van der Waals surface area contributed by atoms with Gasteiger partial charge < -0.3 is 15.6 Å². The summed E-state index contributed by atoms with van der Waals surface area (Å²) < 4.78 is 38.2. The number of halogens is 3. The van der Waals surface area contributed by atoms with E-state index in [0.29, 0.717) is 12.3 Å². The first-order chi connectivity index (χ1) is 11.5. The summed E-state index contributed by atoms with van der Waals surface area (Å²) in [6.45, 7) is 5.78. The van der Waals surface area contributed by atoms with E-state index >= 15 is 0 Å². The van der Waals surface area contributed by atoms with Crippen LogP contribution >= 0.6 is 11.3 Å². The van der Waals surface area contributed by atoms with Crippen LogP contribution in [-0.2, 0) is 6.18 Å². The molecule has 2 heterocycles. The number of anilines is 1. The highest BCUT2D eigenvalue weighted by Gasteiger charge is 2.32. The third-order valence-corrected chi connectivity index (χ3v) is 4.39. The van der Waals surface area contributed by atoms with Gasteiger partial charge in [-0.3, -0.25) is 4.79 Å². The van der Waals surface area contributed by atoms with Crippen molar-refractivity contribution < 1.29 is 18.0 Å². The Balaban J connectivity index is 2.21. The van der Waals surface area contributed by atoms with Gasteiger partial charge in [0.15, 0.2) is 0 Å². The fourth-order valence-corrected chi connectivity index (χ4v) is 3.22. The number of rotatable bonds is 3. The molecule has 0 radical (unpaired) electrons. The number of thiophene rings is 1. The molecule has 2 amide bonds. The van der Waals surface area contributed by atoms with Crippen molar-refractivity contribution in [3.63, 3.8) is 0 Å². The van der Waals surface area contributed by atoms with Crippen molar-refractivity contribution in [1.82, 2.24) is 10.3 Å². The molecule has 0 bridgehead atoms. The number of carbonyl (C=O) groups is 1. The van der Waals surface area contributed by atoms with E-state index in [2.05, 4.69) is 10.6 Å². The van der Waals surface area contributed by atoms with Crippen LogP contribution in [-0.4, -0.2) is 11.0 Å². The number of nitrogens with one attached hydrogen (secondary N) is 3. The first-order valence-electron chi connectivity index (χ1n) is 7.39. The Labute approximate surface area is 146 Å². The normalized spacial score (nSPS) is 13.4. The molecular weight excluding hydrogens is 355 g/mol. The van der Waals surface area contributed by atoms with Crippen molar-refractivity contribution in [2.75, 3.05) is 5.32 Å². The van der Waals surface area contributed by atoms with E-state index in [1.165, 1.54) is 11.3 Å². The van der Waals surface area contributed by atoms with Crippen molar-refractivity contribution in [2.45, 2.75) is 33.0 Å². The number of hydrogen-bond donors (Lipinski definition) is 3. The maximum absolute atomic E-state index is 12.7. The minimum atomic E-state index is -4.62. The van der Waals surface area contributed by atoms with Gasteiger partial charge in [0.2, 0.25) is 0 Å². The van der Waals surface area contributed by atoms with Gasteiger partial charge in [0.25, 0.3) is 5.56 Å². The quantitative estimate of drug-likeness (QED) is 0.748. The summed E-state index contributed by atoms with van der Waals surface area (Å²) in [5.74, 6) is 0. The average molecular weight is 373 g/mol. The van der Waals surface area contributed by atoms with E-state index < -0.39 is 29.0 Å². The molecule has 0 aromatic carbocycles. The molecule has 0 aliphatic carbocycles. The van der Waals surface area contributed by atoms with Gasteiger partial charge in [0.05, 0.1) is 11.6 Å². The number of aromatic amines is 1. The first kappa shape index (κ1) is 19.0. The summed E-state index contributed by atoms with van der Waals surface area (Å²) in [4.78, 5) is 26.8. The third kappa shape index (κ3) is 4.85. The number of hydrogen-bond acceptors (Lipinski definition) is 3. The van der Waals surface area contributed by atoms with E-state index in [-0.39, 0.29) is 11.5 Å². The highest BCUT2D eigenvalue weighted by Crippen LogP contribution is 2.35. The zero-order valence-corrected chi connectivity index (χ0v) is 14.6. The summed E-state index contributed by atoms with van der Waals surface area (Å²) in [5.41, 5.74) is -2.66. The van der Waals surface area contributed by atoms with E-state index in [1.807, 2.05) is 43.3 Å². The summed E-state index contributed by atoms with van der Waals surface area (Å²) in [7, 11) is 0. The molecule has 1 atom stereocenters. The van der Waals surface area contributed by atoms with Crippen LogP contribution in [0.15, 0.2) is 34.6 Å². The summed E-state index contributed by atoms with van der Waals surface area (Å²) >= 11 is 1.46. The topological polar surface area (TPSA) is 74.0 Å². The maximum atomic E-state index is 12.7. The minimum absolute atomic E-state index is 0.331. The van der Waals surface area contributed by atoms with Crippen LogP contribution in [0.2, 0.25) is 0 Å². The molecule has 0 saturated heterocycles. The Kier molecular flexibility index (Phi) is 5.26. The molecule has 3 N–H and O–H groups in total. The molecule has 0 unspecified atom stereocenters. The van der Waals surface area contributed by atoms with Gasteiger partial charge in [-0.2, -0.15) is 13.2 Å². The molecule has 25 heavy (non-hydrogen) atoms. The fourth-order valence-electron chi connectivity index (χ4n) is 2.20. The van der Waals surface area contributed by atoms with Gasteiger partial charge in [0.1, 0.15) is 5.69 Å². The van der Waals surface area contributed by atoms with Gasteiger partial charge in [0, 0.05) is 11.1 Å². The van der Waals surface area contributed by atoms with Crippen LogP contribution in [0.5, 0.6) is 0 Å². The van der Waals surface area contributed by atoms with Crippen molar-refractivity contribution in [3.05, 3.63) is 50.6 Å². The van der Waals surface area contributed by atoms with E-state index in [4.69, 9.17) is 0 Å². The van der Waals surface area contributed by atoms with E-state index in [0.717, 1.165) is 4.88 Å². The van der Waals surface area contributed by atoms with Gasteiger partial charge in [-0.25, -0.2) is 4.79 Å². The molecule has 9 heteroatoms. The Morgan fingerprint density at radius 3 is 2.48 bits per heavy atom. The molecule has 2 rings (SSSR count). The molecule has 136 valence electrons. The zero-order chi connectivity index (χ0) is 18.8. The van der Waals surface area contributed by atoms with Crippen LogP contribution in [0.3, 0.4) is 0 Å². The molecule has 2 aromatic rings. The van der Waals surface area contributed by atoms with Gasteiger partial charge in [-0.15, -0.1) is 11.3 Å². The standard InChI is InChI=1S/C16H18F3N3O2S/c1-15(2,3)12(11-5-4-6-25-11)22-14(24)21-10-7-9(16(17,18)19)8-20-13(10)23/h4-8,12H,1-3H3,(H,20,23)(H2,21,22,24)/t12-/m0/s1. The van der Waals surface area contributed by atoms with Gasteiger partial charge in [-0.1, -0.05) is 26.8 Å². The third-order valence-electron chi connectivity index (χ3n) is 3.45. The Morgan fingerprint density at radius 2 is 1.96 bits per heavy atom. The average Bonchev–Trinajstić information content (AvgIpc) is 2.98. The van der Waals surface area contributed by atoms with E-state index in [1.54, 1.807) is 0 Å². The van der Waals surface area contributed by atoms with Crippen LogP contribution < -0.4 is 16.2 Å². The lowest BCUT2D eigenvalue weighted by Gasteiger charge is -2.30. The maximum Gasteiger partial charge on any atom is 0.417 e. The number of urea groups is 1. The Morgan fingerprint density at radius 1 is 1.28 bits per heavy atom. The molecule has 0 fully saturated rings. The van der Waals surface area contributed by atoms with Crippen molar-refractivity contribution in [1.29, 1.82) is 0 Å². The predicted molar refractivity (Wildman–Crippen MR) is 90.7 cm³/mol. The molecule has 0 aliphatic heterocycles. The van der Waals surface area contributed by atoms with Crippen molar-refractivity contribution in [2.24, 2.45) is 5.41 Å². The van der Waals surface area contributed by atoms with Crippen molar-refractivity contribution >= 4 is 23.1 Å². The second kappa shape index (κ2) is 6.91. The smallest absolute Gasteiger partial charge is 0.330 e. The van der Waals surface area contributed by atoms with Crippen molar-refractivity contribution in [3.8, 4) is 0 Å². The number of carbonyl (C=O) groups excluding carboxylic acids is 1. The highest BCUT2D eigenvalue weighted by atomic mass is 32.1. The molecule has 0 spiro atoms. The number of alkyl halides is 3. The first-order valence-corrected chi connectivity index (χ1v) is 8.27. The highest BCUT2D eigenvalue weighted by molar-refractivity contribution is 7.10. The SMILES string of the molecule is CC(C)(C)[C@@H](NC(=O)Nc1cc(C(F)(F)F)c[nH]c1=O)c1cccs1. The number of H-pyrrole nitrogens is 1. The Hall–Kier alpha value is -2.29. The summed E-state index contributed by atoms with van der Waals surface area (Å²) in [6, 6.07) is 3.19.